The fourth-order valence-electron chi connectivity index (χ4n) is 6.16. The monoisotopic (exact) mass is 520 g/mol. The highest BCUT2D eigenvalue weighted by atomic mass is 32.1. The molecule has 0 spiro atoms. The van der Waals surface area contributed by atoms with E-state index in [-0.39, 0.29) is 0 Å². The van der Waals surface area contributed by atoms with Gasteiger partial charge in [-0.2, -0.15) is 0 Å². The second-order valence-corrected chi connectivity index (χ2v) is 11.1. The van der Waals surface area contributed by atoms with Crippen molar-refractivity contribution in [3.8, 4) is 16.8 Å². The van der Waals surface area contributed by atoms with Crippen LogP contribution in [0.4, 0.5) is 0 Å². The van der Waals surface area contributed by atoms with Gasteiger partial charge in [0.2, 0.25) is 0 Å². The molecule has 6 heterocycles. The summed E-state index contributed by atoms with van der Waals surface area (Å²) < 4.78 is 10.0. The van der Waals surface area contributed by atoms with Crippen molar-refractivity contribution in [2.24, 2.45) is 0 Å². The predicted molar refractivity (Wildman–Crippen MR) is 160 cm³/mol. The maximum Gasteiger partial charge on any atom is 0.161 e. The summed E-state index contributed by atoms with van der Waals surface area (Å²) in [4.78, 5) is 15.5. The Bertz CT molecular complexity index is 2250. The van der Waals surface area contributed by atoms with Gasteiger partial charge >= 0.3 is 0 Å². The number of pyridine rings is 3. The number of hydrogen-bond acceptors (Lipinski definition) is 5. The van der Waals surface area contributed by atoms with E-state index in [1.165, 1.54) is 20.5 Å². The van der Waals surface area contributed by atoms with Crippen molar-refractivity contribution in [3.05, 3.63) is 102 Å². The van der Waals surface area contributed by atoms with Crippen molar-refractivity contribution in [1.29, 1.82) is 0 Å². The number of aryl methyl sites for hydroxylation is 1. The van der Waals surface area contributed by atoms with Crippen LogP contribution in [0.3, 0.4) is 0 Å². The van der Waals surface area contributed by atoms with E-state index in [0.29, 0.717) is 0 Å². The summed E-state index contributed by atoms with van der Waals surface area (Å²) in [5.74, 6) is 0. The number of allylic oxidation sites excluding steroid dienone is 1. The van der Waals surface area contributed by atoms with Crippen LogP contribution in [0.1, 0.15) is 16.9 Å². The van der Waals surface area contributed by atoms with Crippen LogP contribution in [-0.4, -0.2) is 19.5 Å². The molecule has 8 aromatic rings. The minimum Gasteiger partial charge on any atom is -0.454 e. The normalized spacial score (nSPS) is 13.3. The van der Waals surface area contributed by atoms with Crippen molar-refractivity contribution in [1.82, 2.24) is 19.5 Å². The Kier molecular flexibility index (Phi) is 4.26. The van der Waals surface area contributed by atoms with Gasteiger partial charge in [-0.05, 0) is 60.9 Å². The zero-order chi connectivity index (χ0) is 25.5. The van der Waals surface area contributed by atoms with Crippen LogP contribution in [0.2, 0.25) is 0 Å². The van der Waals surface area contributed by atoms with Gasteiger partial charge in [0, 0.05) is 62.6 Å². The summed E-state index contributed by atoms with van der Waals surface area (Å²) in [6.45, 7) is 0. The lowest BCUT2D eigenvalue weighted by atomic mass is 9.97. The van der Waals surface area contributed by atoms with Crippen molar-refractivity contribution < 1.29 is 4.42 Å². The summed E-state index contributed by atoms with van der Waals surface area (Å²) in [7, 11) is 0. The standard InChI is InChI=1S/C33H20N4OS/c1-3-8-25-21(6-1)31-26(9-5-14-35-31)37(25)19-11-12-27-23(16-19)32-33(38-27)20(13-15-36-32)24-17-34-18-29-30(24)22-7-2-4-10-28(22)39-29/h1-3,5-9,11-18H,4,10H2. The van der Waals surface area contributed by atoms with Crippen LogP contribution in [0.25, 0.3) is 77.0 Å². The van der Waals surface area contributed by atoms with Crippen LogP contribution in [0, 0.1) is 0 Å². The van der Waals surface area contributed by atoms with Gasteiger partial charge in [0.15, 0.2) is 5.58 Å². The van der Waals surface area contributed by atoms with Crippen molar-refractivity contribution in [2.75, 3.05) is 0 Å². The molecule has 0 fully saturated rings. The van der Waals surface area contributed by atoms with Crippen molar-refractivity contribution in [3.63, 3.8) is 0 Å². The molecule has 0 N–H and O–H groups in total. The molecule has 6 heteroatoms. The topological polar surface area (TPSA) is 56.7 Å². The SMILES string of the molecule is C1=Cc2c(sc3cncc(-c4ccnc5c4oc4ccc(-n6c7ccccc7c7ncccc76)cc45)c23)CC1. The molecule has 1 aliphatic rings. The Morgan fingerprint density at radius 1 is 0.821 bits per heavy atom. The van der Waals surface area contributed by atoms with Gasteiger partial charge in [0.25, 0.3) is 0 Å². The molecule has 0 radical (unpaired) electrons. The molecule has 2 aromatic carbocycles. The first kappa shape index (κ1) is 21.2. The first-order valence-corrected chi connectivity index (χ1v) is 13.9. The summed E-state index contributed by atoms with van der Waals surface area (Å²) in [6.07, 6.45) is 14.4. The molecule has 184 valence electrons. The molecule has 0 amide bonds. The Balaban J connectivity index is 1.31. The highest BCUT2D eigenvalue weighted by molar-refractivity contribution is 7.19. The number of fused-ring (bicyclic) bond motifs is 9. The second kappa shape index (κ2) is 7.85. The molecule has 6 aromatic heterocycles. The van der Waals surface area contributed by atoms with E-state index in [0.717, 1.165) is 73.7 Å². The maximum atomic E-state index is 6.53. The summed E-state index contributed by atoms with van der Waals surface area (Å²) in [5.41, 5.74) is 10.2. The van der Waals surface area contributed by atoms with Crippen LogP contribution in [0.15, 0.2) is 95.9 Å². The van der Waals surface area contributed by atoms with E-state index in [2.05, 4.69) is 76.3 Å². The zero-order valence-corrected chi connectivity index (χ0v) is 21.6. The number of benzene rings is 2. The Labute approximate surface area is 226 Å². The quantitative estimate of drug-likeness (QED) is 0.229. The van der Waals surface area contributed by atoms with Crippen LogP contribution in [-0.2, 0) is 6.42 Å². The molecule has 1 aliphatic carbocycles. The molecule has 0 saturated heterocycles. The van der Waals surface area contributed by atoms with Gasteiger partial charge in [0.05, 0.1) is 21.3 Å². The average Bonchev–Trinajstić information content (AvgIpc) is 3.66. The van der Waals surface area contributed by atoms with Crippen molar-refractivity contribution >= 4 is 71.5 Å². The van der Waals surface area contributed by atoms with E-state index < -0.39 is 0 Å². The van der Waals surface area contributed by atoms with Crippen molar-refractivity contribution in [2.45, 2.75) is 12.8 Å². The molecule has 0 unspecified atom stereocenters. The fraction of sp³-hybridized carbons (Fsp3) is 0.0606. The summed E-state index contributed by atoms with van der Waals surface area (Å²) >= 11 is 1.85. The molecule has 39 heavy (non-hydrogen) atoms. The van der Waals surface area contributed by atoms with Gasteiger partial charge in [-0.1, -0.05) is 30.4 Å². The number of para-hydroxylation sites is 1. The molecule has 0 atom stereocenters. The lowest BCUT2D eigenvalue weighted by Gasteiger charge is -2.08. The van der Waals surface area contributed by atoms with Crippen LogP contribution in [0.5, 0.6) is 0 Å². The lowest BCUT2D eigenvalue weighted by molar-refractivity contribution is 0.669. The van der Waals surface area contributed by atoms with E-state index in [9.17, 15) is 0 Å². The lowest BCUT2D eigenvalue weighted by Crippen LogP contribution is -1.93. The van der Waals surface area contributed by atoms with Gasteiger partial charge in [0.1, 0.15) is 11.1 Å². The Hall–Kier alpha value is -4.81. The Morgan fingerprint density at radius 3 is 2.74 bits per heavy atom. The van der Waals surface area contributed by atoms with Gasteiger partial charge in [-0.3, -0.25) is 15.0 Å². The number of nitrogens with zero attached hydrogens (tertiary/aromatic N) is 4. The second-order valence-electron chi connectivity index (χ2n) is 9.98. The number of rotatable bonds is 2. The molecule has 9 rings (SSSR count). The first-order valence-electron chi connectivity index (χ1n) is 13.1. The third-order valence-electron chi connectivity index (χ3n) is 7.85. The largest absolute Gasteiger partial charge is 0.454 e. The smallest absolute Gasteiger partial charge is 0.161 e. The molecule has 0 saturated carbocycles. The molecule has 0 aliphatic heterocycles. The maximum absolute atomic E-state index is 6.53. The van der Waals surface area contributed by atoms with E-state index in [4.69, 9.17) is 14.4 Å². The molecule has 0 bridgehead atoms. The molecular formula is C33H20N4OS. The first-order chi connectivity index (χ1) is 19.3. The van der Waals surface area contributed by atoms with E-state index in [1.54, 1.807) is 0 Å². The van der Waals surface area contributed by atoms with Crippen LogP contribution >= 0.6 is 11.3 Å². The minimum absolute atomic E-state index is 0.794. The number of thiophene rings is 1. The zero-order valence-electron chi connectivity index (χ0n) is 20.8. The highest BCUT2D eigenvalue weighted by Crippen LogP contribution is 2.43. The Morgan fingerprint density at radius 2 is 1.74 bits per heavy atom. The summed E-state index contributed by atoms with van der Waals surface area (Å²) in [6, 6.07) is 20.9. The van der Waals surface area contributed by atoms with E-state index in [1.807, 2.05) is 42.2 Å². The number of furan rings is 1. The van der Waals surface area contributed by atoms with Gasteiger partial charge in [-0.15, -0.1) is 11.3 Å². The third-order valence-corrected chi connectivity index (χ3v) is 9.05. The number of hydrogen-bond donors (Lipinski definition) is 0. The van der Waals surface area contributed by atoms with Gasteiger partial charge in [-0.25, -0.2) is 0 Å². The fourth-order valence-corrected chi connectivity index (χ4v) is 7.36. The van der Waals surface area contributed by atoms with Crippen LogP contribution < -0.4 is 0 Å². The summed E-state index contributed by atoms with van der Waals surface area (Å²) in [5, 5.41) is 3.39. The highest BCUT2D eigenvalue weighted by Gasteiger charge is 2.21. The third kappa shape index (κ3) is 2.92. The minimum atomic E-state index is 0.794. The van der Waals surface area contributed by atoms with Gasteiger partial charge < -0.3 is 8.98 Å². The number of aromatic nitrogens is 4. The average molecular weight is 521 g/mol. The predicted octanol–water partition coefficient (Wildman–Crippen LogP) is 8.71. The molecular weight excluding hydrogens is 500 g/mol. The molecule has 5 nitrogen and oxygen atoms in total. The van der Waals surface area contributed by atoms with E-state index >= 15 is 0 Å².